The summed E-state index contributed by atoms with van der Waals surface area (Å²) in [5.74, 6) is 5.31. The first-order valence-corrected chi connectivity index (χ1v) is 16.4. The minimum Gasteiger partial charge on any atom is -0.504 e. The lowest BCUT2D eigenvalue weighted by atomic mass is 9.71. The molecule has 0 atom stereocenters. The number of ether oxygens (including phenoxy) is 4. The Morgan fingerprint density at radius 1 is 0.628 bits per heavy atom. The van der Waals surface area contributed by atoms with Crippen molar-refractivity contribution in [2.45, 2.75) is 96.7 Å². The normalized spacial score (nSPS) is 22.6. The summed E-state index contributed by atoms with van der Waals surface area (Å²) < 4.78 is 22.1. The second kappa shape index (κ2) is 19.3. The van der Waals surface area contributed by atoms with Gasteiger partial charge in [-0.1, -0.05) is 31.9 Å². The van der Waals surface area contributed by atoms with Gasteiger partial charge in [-0.3, -0.25) is 0 Å². The molecule has 6 heteroatoms. The van der Waals surface area contributed by atoms with Gasteiger partial charge in [0.2, 0.25) is 0 Å². The Balaban J connectivity index is 0.976. The van der Waals surface area contributed by atoms with Crippen LogP contribution in [0, 0.1) is 17.8 Å². The maximum absolute atomic E-state index is 5.93. The monoisotopic (exact) mass is 592 g/mol. The van der Waals surface area contributed by atoms with Gasteiger partial charge in [0.1, 0.15) is 23.9 Å². The lowest BCUT2D eigenvalue weighted by Gasteiger charge is -2.36. The highest BCUT2D eigenvalue weighted by Crippen LogP contribution is 2.40. The van der Waals surface area contributed by atoms with Crippen molar-refractivity contribution in [3.63, 3.8) is 0 Å². The summed E-state index contributed by atoms with van der Waals surface area (Å²) in [6.07, 6.45) is 21.8. The highest BCUT2D eigenvalue weighted by atomic mass is 17.2. The Kier molecular flexibility index (Phi) is 14.8. The fraction of sp³-hybridized carbons (Fsp3) is 0.568. The predicted molar refractivity (Wildman–Crippen MR) is 171 cm³/mol. The highest BCUT2D eigenvalue weighted by Gasteiger charge is 2.30. The molecule has 2 fully saturated rings. The zero-order valence-corrected chi connectivity index (χ0v) is 26.3. The number of allylic oxidation sites excluding steroid dienone is 2. The molecular weight excluding hydrogens is 540 g/mol. The fourth-order valence-corrected chi connectivity index (χ4v) is 6.13. The van der Waals surface area contributed by atoms with Crippen molar-refractivity contribution >= 4 is 0 Å². The Labute approximate surface area is 259 Å². The standard InChI is InChI=1S/C37H52O6/c1-30-9-13-32(14-10-30)33-15-19-37(20-16-33)43-42-29-31-11-17-34(18-12-31)39-26-5-3-4-6-27-40-35-21-23-36(24-22-35)41-28-8-7-25-38-2/h7-8,11-12,17-18,21-25,28,30,32-33,37H,3-6,9-10,13-16,19-20,26-27,29H2,1-2H3. The van der Waals surface area contributed by atoms with Gasteiger partial charge in [0, 0.05) is 0 Å². The van der Waals surface area contributed by atoms with Gasteiger partial charge >= 0.3 is 0 Å². The Bertz CT molecular complexity index is 1050. The molecule has 2 aliphatic rings. The van der Waals surface area contributed by atoms with Gasteiger partial charge in [-0.15, -0.1) is 0 Å². The molecule has 6 nitrogen and oxygen atoms in total. The van der Waals surface area contributed by atoms with Crippen LogP contribution >= 0.6 is 0 Å². The van der Waals surface area contributed by atoms with Crippen LogP contribution in [0.5, 0.6) is 17.2 Å². The van der Waals surface area contributed by atoms with E-state index in [-0.39, 0.29) is 6.10 Å². The number of rotatable bonds is 18. The molecule has 2 aromatic carbocycles. The van der Waals surface area contributed by atoms with Gasteiger partial charge in [-0.2, -0.15) is 0 Å². The van der Waals surface area contributed by atoms with Crippen LogP contribution in [0.25, 0.3) is 0 Å². The summed E-state index contributed by atoms with van der Waals surface area (Å²) in [7, 11) is 1.61. The van der Waals surface area contributed by atoms with E-state index in [9.17, 15) is 0 Å². The molecule has 236 valence electrons. The fourth-order valence-electron chi connectivity index (χ4n) is 6.13. The van der Waals surface area contributed by atoms with E-state index in [1.807, 2.05) is 36.4 Å². The second-order valence-electron chi connectivity index (χ2n) is 12.2. The molecule has 43 heavy (non-hydrogen) atoms. The smallest absolute Gasteiger partial charge is 0.126 e. The molecule has 0 bridgehead atoms. The van der Waals surface area contributed by atoms with E-state index in [0.717, 1.165) is 85.7 Å². The van der Waals surface area contributed by atoms with Gasteiger partial charge < -0.3 is 18.9 Å². The largest absolute Gasteiger partial charge is 0.504 e. The van der Waals surface area contributed by atoms with E-state index in [1.165, 1.54) is 38.5 Å². The van der Waals surface area contributed by atoms with E-state index in [2.05, 4.69) is 19.1 Å². The van der Waals surface area contributed by atoms with Gasteiger partial charge in [0.25, 0.3) is 0 Å². The molecule has 0 unspecified atom stereocenters. The minimum atomic E-state index is 0.247. The van der Waals surface area contributed by atoms with Crippen LogP contribution in [0.3, 0.4) is 0 Å². The topological polar surface area (TPSA) is 55.4 Å². The third-order valence-electron chi connectivity index (χ3n) is 8.81. The number of unbranched alkanes of at least 4 members (excludes halogenated alkanes) is 3. The maximum Gasteiger partial charge on any atom is 0.126 e. The van der Waals surface area contributed by atoms with Crippen LogP contribution in [0.15, 0.2) is 73.2 Å². The average molecular weight is 593 g/mol. The highest BCUT2D eigenvalue weighted by molar-refractivity contribution is 5.31. The predicted octanol–water partition coefficient (Wildman–Crippen LogP) is 9.59. The number of hydrogen-bond acceptors (Lipinski definition) is 6. The lowest BCUT2D eigenvalue weighted by Crippen LogP contribution is -2.28. The molecule has 0 spiro atoms. The molecule has 2 saturated carbocycles. The quantitative estimate of drug-likeness (QED) is 0.0565. The van der Waals surface area contributed by atoms with Crippen molar-refractivity contribution in [1.29, 1.82) is 0 Å². The Hall–Kier alpha value is -2.96. The Morgan fingerprint density at radius 3 is 1.77 bits per heavy atom. The molecule has 4 rings (SSSR count). The first-order chi connectivity index (χ1) is 21.2. The molecule has 0 N–H and O–H groups in total. The third-order valence-corrected chi connectivity index (χ3v) is 8.81. The molecule has 0 aromatic heterocycles. The summed E-state index contributed by atoms with van der Waals surface area (Å²) in [6.45, 7) is 4.31. The average Bonchev–Trinajstić information content (AvgIpc) is 3.04. The van der Waals surface area contributed by atoms with Crippen LogP contribution in [-0.2, 0) is 21.1 Å². The summed E-state index contributed by atoms with van der Waals surface area (Å²) in [6, 6.07) is 15.8. The molecule has 0 saturated heterocycles. The van der Waals surface area contributed by atoms with Gasteiger partial charge in [0.05, 0.1) is 39.0 Å². The van der Waals surface area contributed by atoms with Crippen molar-refractivity contribution in [3.05, 3.63) is 78.8 Å². The summed E-state index contributed by atoms with van der Waals surface area (Å²) in [5.41, 5.74) is 1.10. The van der Waals surface area contributed by atoms with Crippen molar-refractivity contribution in [2.75, 3.05) is 20.3 Å². The molecule has 0 heterocycles. The van der Waals surface area contributed by atoms with E-state index in [0.29, 0.717) is 13.2 Å². The zero-order chi connectivity index (χ0) is 30.0. The molecule has 0 amide bonds. The van der Waals surface area contributed by atoms with Crippen molar-refractivity contribution < 1.29 is 28.7 Å². The van der Waals surface area contributed by atoms with E-state index >= 15 is 0 Å². The number of benzene rings is 2. The van der Waals surface area contributed by atoms with Crippen LogP contribution in [0.4, 0.5) is 0 Å². The van der Waals surface area contributed by atoms with Gasteiger partial charge in [0.15, 0.2) is 0 Å². The van der Waals surface area contributed by atoms with Crippen molar-refractivity contribution in [2.24, 2.45) is 17.8 Å². The number of methoxy groups -OCH3 is 1. The van der Waals surface area contributed by atoms with Crippen molar-refractivity contribution in [1.82, 2.24) is 0 Å². The number of hydrogen-bond donors (Lipinski definition) is 0. The van der Waals surface area contributed by atoms with E-state index < -0.39 is 0 Å². The molecular formula is C37H52O6. The first-order valence-electron chi connectivity index (χ1n) is 16.4. The van der Waals surface area contributed by atoms with Crippen LogP contribution in [0.1, 0.15) is 89.5 Å². The summed E-state index contributed by atoms with van der Waals surface area (Å²) >= 11 is 0. The van der Waals surface area contributed by atoms with Crippen LogP contribution < -0.4 is 14.2 Å². The van der Waals surface area contributed by atoms with Gasteiger partial charge in [-0.05, 0) is 136 Å². The molecule has 0 radical (unpaired) electrons. The van der Waals surface area contributed by atoms with Crippen molar-refractivity contribution in [3.8, 4) is 17.2 Å². The lowest BCUT2D eigenvalue weighted by molar-refractivity contribution is -0.338. The molecule has 2 aliphatic carbocycles. The van der Waals surface area contributed by atoms with Gasteiger partial charge in [-0.25, -0.2) is 9.78 Å². The van der Waals surface area contributed by atoms with E-state index in [4.69, 9.17) is 28.7 Å². The molecule has 2 aromatic rings. The third kappa shape index (κ3) is 12.7. The summed E-state index contributed by atoms with van der Waals surface area (Å²) in [5, 5.41) is 0. The van der Waals surface area contributed by atoms with E-state index in [1.54, 1.807) is 31.8 Å². The minimum absolute atomic E-state index is 0.247. The molecule has 0 aliphatic heterocycles. The Morgan fingerprint density at radius 2 is 1.16 bits per heavy atom. The SMILES string of the molecule is COC=CC=COc1ccc(OCCCCCCOc2ccc(COOC3CCC(C4CCC(C)CC4)CC3)cc2)cc1. The second-order valence-corrected chi connectivity index (χ2v) is 12.2. The first kappa shape index (κ1) is 32.9. The summed E-state index contributed by atoms with van der Waals surface area (Å²) in [4.78, 5) is 11.4. The maximum atomic E-state index is 5.93. The zero-order valence-electron chi connectivity index (χ0n) is 26.3. The van der Waals surface area contributed by atoms with Crippen LogP contribution in [0.2, 0.25) is 0 Å². The van der Waals surface area contributed by atoms with Crippen LogP contribution in [-0.4, -0.2) is 26.4 Å².